The lowest BCUT2D eigenvalue weighted by Gasteiger charge is -2.05. The zero-order valence-corrected chi connectivity index (χ0v) is 12.0. The summed E-state index contributed by atoms with van der Waals surface area (Å²) in [7, 11) is 0. The van der Waals surface area contributed by atoms with Crippen LogP contribution in [0.2, 0.25) is 0 Å². The van der Waals surface area contributed by atoms with Gasteiger partial charge in [0.25, 0.3) is 6.43 Å². The molecular weight excluding hydrogens is 300 g/mol. The van der Waals surface area contributed by atoms with Crippen molar-refractivity contribution in [3.05, 3.63) is 41.6 Å². The Morgan fingerprint density at radius 3 is 2.95 bits per heavy atom. The molecule has 0 spiro atoms. The van der Waals surface area contributed by atoms with E-state index >= 15 is 0 Å². The highest BCUT2D eigenvalue weighted by Gasteiger charge is 2.13. The molecule has 0 unspecified atom stereocenters. The maximum atomic E-state index is 12.6. The van der Waals surface area contributed by atoms with E-state index in [1.807, 2.05) is 0 Å². The number of halogens is 2. The molecule has 1 amide bonds. The van der Waals surface area contributed by atoms with Crippen molar-refractivity contribution in [3.8, 4) is 0 Å². The van der Waals surface area contributed by atoms with Crippen molar-refractivity contribution in [1.82, 2.24) is 15.3 Å². The van der Waals surface area contributed by atoms with Crippen LogP contribution in [0.1, 0.15) is 23.6 Å². The predicted octanol–water partition coefficient (Wildman–Crippen LogP) is 2.72. The fourth-order valence-corrected chi connectivity index (χ4v) is 2.26. The summed E-state index contributed by atoms with van der Waals surface area (Å²) in [6, 6.07) is 4.69. The van der Waals surface area contributed by atoms with Gasteiger partial charge in [0, 0.05) is 5.69 Å². The van der Waals surface area contributed by atoms with Gasteiger partial charge in [-0.2, -0.15) is 0 Å². The molecule has 2 aromatic heterocycles. The minimum Gasteiger partial charge on any atom is -0.467 e. The van der Waals surface area contributed by atoms with Gasteiger partial charge in [0.15, 0.2) is 5.16 Å². The first-order chi connectivity index (χ1) is 10.0. The first-order valence-electron chi connectivity index (χ1n) is 6.10. The fraction of sp³-hybridized carbons (Fsp3) is 0.308. The van der Waals surface area contributed by atoms with Crippen molar-refractivity contribution in [3.63, 3.8) is 0 Å². The van der Waals surface area contributed by atoms with Gasteiger partial charge in [-0.05, 0) is 25.1 Å². The molecule has 0 aliphatic carbocycles. The van der Waals surface area contributed by atoms with Gasteiger partial charge in [0.1, 0.15) is 11.5 Å². The third-order valence-corrected chi connectivity index (χ3v) is 3.30. The number of carbonyl (C=O) groups excluding carboxylic acids is 1. The van der Waals surface area contributed by atoms with Crippen molar-refractivity contribution in [2.75, 3.05) is 5.75 Å². The molecule has 2 rings (SSSR count). The quantitative estimate of drug-likeness (QED) is 0.656. The summed E-state index contributed by atoms with van der Waals surface area (Å²) in [5.74, 6) is 0.438. The minimum atomic E-state index is -2.65. The van der Waals surface area contributed by atoms with E-state index in [0.29, 0.717) is 11.5 Å². The fourth-order valence-electron chi connectivity index (χ4n) is 1.52. The van der Waals surface area contributed by atoms with Crippen LogP contribution in [0.15, 0.2) is 34.0 Å². The van der Waals surface area contributed by atoms with Crippen LogP contribution < -0.4 is 5.32 Å². The van der Waals surface area contributed by atoms with E-state index in [-0.39, 0.29) is 29.1 Å². The van der Waals surface area contributed by atoms with Crippen molar-refractivity contribution >= 4 is 17.7 Å². The molecule has 0 atom stereocenters. The van der Waals surface area contributed by atoms with E-state index in [4.69, 9.17) is 4.42 Å². The Balaban J connectivity index is 1.86. The van der Waals surface area contributed by atoms with Gasteiger partial charge in [-0.15, -0.1) is 0 Å². The number of hydrogen-bond acceptors (Lipinski definition) is 5. The Labute approximate surface area is 124 Å². The monoisotopic (exact) mass is 313 g/mol. The molecule has 1 N–H and O–H groups in total. The summed E-state index contributed by atoms with van der Waals surface area (Å²) >= 11 is 1.01. The van der Waals surface area contributed by atoms with Gasteiger partial charge in [-0.25, -0.2) is 18.7 Å². The Hall–Kier alpha value is -1.96. The molecule has 2 heterocycles. The summed E-state index contributed by atoms with van der Waals surface area (Å²) in [6.45, 7) is 1.89. The van der Waals surface area contributed by atoms with E-state index in [1.54, 1.807) is 19.1 Å². The molecule has 21 heavy (non-hydrogen) atoms. The predicted molar refractivity (Wildman–Crippen MR) is 73.0 cm³/mol. The number of alkyl halides is 2. The molecule has 0 aliphatic rings. The number of nitrogens with one attached hydrogen (secondary N) is 1. The van der Waals surface area contributed by atoms with Gasteiger partial charge in [-0.1, -0.05) is 11.8 Å². The van der Waals surface area contributed by atoms with Gasteiger partial charge >= 0.3 is 0 Å². The van der Waals surface area contributed by atoms with Crippen LogP contribution in [0.4, 0.5) is 8.78 Å². The topological polar surface area (TPSA) is 68.0 Å². The Morgan fingerprint density at radius 1 is 1.48 bits per heavy atom. The Kier molecular flexibility index (Phi) is 5.26. The summed E-state index contributed by atoms with van der Waals surface area (Å²) in [4.78, 5) is 19.4. The van der Waals surface area contributed by atoms with E-state index in [9.17, 15) is 13.6 Å². The van der Waals surface area contributed by atoms with E-state index in [1.165, 1.54) is 12.3 Å². The normalized spacial score (nSPS) is 10.9. The third kappa shape index (κ3) is 4.82. The summed E-state index contributed by atoms with van der Waals surface area (Å²) in [5, 5.41) is 2.82. The van der Waals surface area contributed by atoms with Crippen LogP contribution in [-0.2, 0) is 11.3 Å². The lowest BCUT2D eigenvalue weighted by molar-refractivity contribution is -0.118. The Morgan fingerprint density at radius 2 is 2.29 bits per heavy atom. The Bertz CT molecular complexity index is 605. The molecule has 0 saturated carbocycles. The van der Waals surface area contributed by atoms with Gasteiger partial charge in [0.05, 0.1) is 18.6 Å². The number of thioether (sulfide) groups is 1. The first kappa shape index (κ1) is 15.4. The molecule has 0 saturated heterocycles. The smallest absolute Gasteiger partial charge is 0.280 e. The summed E-state index contributed by atoms with van der Waals surface area (Å²) < 4.78 is 30.3. The summed E-state index contributed by atoms with van der Waals surface area (Å²) in [5.41, 5.74) is 0.111. The largest absolute Gasteiger partial charge is 0.467 e. The number of amides is 1. The number of aryl methyl sites for hydroxylation is 1. The molecular formula is C13H13F2N3O2S. The number of rotatable bonds is 6. The molecule has 2 aromatic rings. The highest BCUT2D eigenvalue weighted by atomic mass is 32.2. The van der Waals surface area contributed by atoms with Crippen molar-refractivity contribution in [2.45, 2.75) is 25.1 Å². The molecule has 112 valence electrons. The van der Waals surface area contributed by atoms with E-state index in [0.717, 1.165) is 11.8 Å². The molecule has 8 heteroatoms. The highest BCUT2D eigenvalue weighted by molar-refractivity contribution is 7.99. The maximum absolute atomic E-state index is 12.6. The van der Waals surface area contributed by atoms with E-state index < -0.39 is 6.43 Å². The number of nitrogens with zero attached hydrogens (tertiary/aromatic N) is 2. The van der Waals surface area contributed by atoms with E-state index in [2.05, 4.69) is 15.3 Å². The summed E-state index contributed by atoms with van der Waals surface area (Å²) in [6.07, 6.45) is -1.14. The second-order valence-corrected chi connectivity index (χ2v) is 5.10. The molecule has 5 nitrogen and oxygen atoms in total. The number of furan rings is 1. The molecule has 0 aromatic carbocycles. The zero-order chi connectivity index (χ0) is 15.2. The highest BCUT2D eigenvalue weighted by Crippen LogP contribution is 2.20. The molecule has 0 fully saturated rings. The average molecular weight is 313 g/mol. The number of carbonyl (C=O) groups is 1. The number of hydrogen-bond donors (Lipinski definition) is 1. The average Bonchev–Trinajstić information content (AvgIpc) is 2.95. The van der Waals surface area contributed by atoms with Crippen LogP contribution >= 0.6 is 11.8 Å². The van der Waals surface area contributed by atoms with Gasteiger partial charge in [-0.3, -0.25) is 4.79 Å². The lowest BCUT2D eigenvalue weighted by Crippen LogP contribution is -2.24. The van der Waals surface area contributed by atoms with Crippen LogP contribution in [0.3, 0.4) is 0 Å². The lowest BCUT2D eigenvalue weighted by atomic mass is 10.3. The molecule has 0 radical (unpaired) electrons. The van der Waals surface area contributed by atoms with Gasteiger partial charge in [0.2, 0.25) is 5.91 Å². The van der Waals surface area contributed by atoms with Crippen LogP contribution in [0.5, 0.6) is 0 Å². The standard InChI is InChI=1S/C13H13F2N3O2S/c1-8-5-10(12(14)15)18-13(17-8)21-7-11(19)16-6-9-3-2-4-20-9/h2-5,12H,6-7H2,1H3,(H,16,19). The molecule has 0 bridgehead atoms. The second kappa shape index (κ2) is 7.16. The number of aromatic nitrogens is 2. The van der Waals surface area contributed by atoms with Crippen LogP contribution in [0, 0.1) is 6.92 Å². The first-order valence-corrected chi connectivity index (χ1v) is 7.09. The van der Waals surface area contributed by atoms with Crippen LogP contribution in [-0.4, -0.2) is 21.6 Å². The van der Waals surface area contributed by atoms with Crippen molar-refractivity contribution < 1.29 is 18.0 Å². The second-order valence-electron chi connectivity index (χ2n) is 4.16. The SMILES string of the molecule is Cc1cc(C(F)F)nc(SCC(=O)NCc2ccco2)n1. The minimum absolute atomic E-state index is 0.0485. The third-order valence-electron chi connectivity index (χ3n) is 2.45. The maximum Gasteiger partial charge on any atom is 0.280 e. The molecule has 0 aliphatic heterocycles. The zero-order valence-electron chi connectivity index (χ0n) is 11.2. The van der Waals surface area contributed by atoms with Crippen LogP contribution in [0.25, 0.3) is 0 Å². The van der Waals surface area contributed by atoms with Gasteiger partial charge < -0.3 is 9.73 Å². The van der Waals surface area contributed by atoms with Crippen molar-refractivity contribution in [1.29, 1.82) is 0 Å². The van der Waals surface area contributed by atoms with Crippen molar-refractivity contribution in [2.24, 2.45) is 0 Å².